The minimum Gasteiger partial charge on any atom is -0.486 e. The van der Waals surface area contributed by atoms with E-state index in [1.54, 1.807) is 0 Å². The largest absolute Gasteiger partial charge is 0.486 e. The molecule has 1 amide bonds. The first kappa shape index (κ1) is 18.1. The third-order valence-corrected chi connectivity index (χ3v) is 4.12. The van der Waals surface area contributed by atoms with E-state index in [4.69, 9.17) is 14.2 Å². The minimum atomic E-state index is -0.127. The molecule has 128 valence electrons. The molecule has 0 spiro atoms. The van der Waals surface area contributed by atoms with E-state index in [0.717, 1.165) is 21.5 Å². The number of benzene rings is 1. The summed E-state index contributed by atoms with van der Waals surface area (Å²) in [4.78, 5) is 12.0. The summed E-state index contributed by atoms with van der Waals surface area (Å²) < 4.78 is 17.5. The molecule has 0 saturated heterocycles. The van der Waals surface area contributed by atoms with Crippen molar-refractivity contribution in [3.8, 4) is 11.5 Å². The molecule has 1 heterocycles. The van der Waals surface area contributed by atoms with Crippen LogP contribution in [-0.4, -0.2) is 32.3 Å². The average Bonchev–Trinajstić information content (AvgIpc) is 2.50. The van der Waals surface area contributed by atoms with E-state index in [-0.39, 0.29) is 11.9 Å². The summed E-state index contributed by atoms with van der Waals surface area (Å²) >= 11 is 3.53. The van der Waals surface area contributed by atoms with Crippen molar-refractivity contribution in [2.45, 2.75) is 33.2 Å². The second kappa shape index (κ2) is 8.55. The molecule has 1 unspecified atom stereocenters. The van der Waals surface area contributed by atoms with E-state index in [0.29, 0.717) is 38.8 Å². The van der Waals surface area contributed by atoms with Crippen molar-refractivity contribution in [1.82, 2.24) is 5.32 Å². The van der Waals surface area contributed by atoms with Crippen LogP contribution >= 0.6 is 15.9 Å². The van der Waals surface area contributed by atoms with Gasteiger partial charge >= 0.3 is 0 Å². The van der Waals surface area contributed by atoms with Crippen LogP contribution in [0.4, 0.5) is 0 Å². The number of hydrogen-bond donors (Lipinski definition) is 1. The molecule has 0 radical (unpaired) electrons. The van der Waals surface area contributed by atoms with Gasteiger partial charge in [-0.25, -0.2) is 0 Å². The van der Waals surface area contributed by atoms with Gasteiger partial charge in [-0.3, -0.25) is 4.79 Å². The Morgan fingerprint density at radius 3 is 2.57 bits per heavy atom. The zero-order valence-electron chi connectivity index (χ0n) is 13.9. The topological polar surface area (TPSA) is 56.8 Å². The summed E-state index contributed by atoms with van der Waals surface area (Å²) in [6, 6.07) is 3.68. The monoisotopic (exact) mass is 385 g/mol. The molecule has 1 atom stereocenters. The fraction of sp³-hybridized carbons (Fsp3) is 0.588. The number of nitrogens with one attached hydrogen (secondary N) is 1. The van der Waals surface area contributed by atoms with Gasteiger partial charge in [0.2, 0.25) is 5.91 Å². The van der Waals surface area contributed by atoms with E-state index in [2.05, 4.69) is 35.1 Å². The van der Waals surface area contributed by atoms with Crippen molar-refractivity contribution in [2.75, 3.05) is 26.4 Å². The molecular formula is C17H24BrNO4. The van der Waals surface area contributed by atoms with Crippen LogP contribution in [0.3, 0.4) is 0 Å². The smallest absolute Gasteiger partial charge is 0.222 e. The van der Waals surface area contributed by atoms with Crippen LogP contribution in [-0.2, 0) is 9.53 Å². The Balaban J connectivity index is 1.90. The molecule has 0 bridgehead atoms. The van der Waals surface area contributed by atoms with Crippen LogP contribution in [0, 0.1) is 5.92 Å². The van der Waals surface area contributed by atoms with Crippen LogP contribution in [0.2, 0.25) is 0 Å². The molecule has 2 rings (SSSR count). The van der Waals surface area contributed by atoms with E-state index >= 15 is 0 Å². The molecule has 0 saturated carbocycles. The molecule has 5 nitrogen and oxygen atoms in total. The number of carbonyl (C=O) groups excluding carboxylic acids is 1. The first-order valence-corrected chi connectivity index (χ1v) is 8.72. The number of fused-ring (bicyclic) bond motifs is 1. The van der Waals surface area contributed by atoms with E-state index < -0.39 is 0 Å². The van der Waals surface area contributed by atoms with E-state index in [9.17, 15) is 4.79 Å². The Labute approximate surface area is 145 Å². The lowest BCUT2D eigenvalue weighted by molar-refractivity contribution is -0.122. The number of halogens is 1. The molecule has 1 aliphatic rings. The normalized spacial score (nSPS) is 14.7. The lowest BCUT2D eigenvalue weighted by atomic mass is 10.1. The predicted molar refractivity (Wildman–Crippen MR) is 92.0 cm³/mol. The van der Waals surface area contributed by atoms with Gasteiger partial charge in [0, 0.05) is 17.5 Å². The summed E-state index contributed by atoms with van der Waals surface area (Å²) in [7, 11) is 0. The molecule has 0 aromatic heterocycles. The number of amides is 1. The Bertz CT molecular complexity index is 548. The molecule has 1 N–H and O–H groups in total. The molecule has 1 aliphatic heterocycles. The summed E-state index contributed by atoms with van der Waals surface area (Å²) in [6.07, 6.45) is 0.360. The van der Waals surface area contributed by atoms with Gasteiger partial charge in [0.1, 0.15) is 13.2 Å². The summed E-state index contributed by atoms with van der Waals surface area (Å²) in [5.74, 6) is 1.90. The first-order valence-electron chi connectivity index (χ1n) is 7.93. The standard InChI is InChI=1S/C17H24BrNO4/c1-11(2)10-21-5-4-17(20)19-12(3)13-8-15-16(9-14(13)18)23-7-6-22-15/h8-9,11-12H,4-7,10H2,1-3H3,(H,19,20). The number of rotatable bonds is 7. The van der Waals surface area contributed by atoms with Crippen LogP contribution in [0.25, 0.3) is 0 Å². The lowest BCUT2D eigenvalue weighted by Crippen LogP contribution is -2.28. The Hall–Kier alpha value is -1.27. The highest BCUT2D eigenvalue weighted by Gasteiger charge is 2.19. The van der Waals surface area contributed by atoms with Gasteiger partial charge in [0.05, 0.1) is 12.6 Å². The Morgan fingerprint density at radius 1 is 1.26 bits per heavy atom. The van der Waals surface area contributed by atoms with Gasteiger partial charge < -0.3 is 19.5 Å². The highest BCUT2D eigenvalue weighted by atomic mass is 79.9. The second-order valence-corrected chi connectivity index (χ2v) is 6.88. The third kappa shape index (κ3) is 5.39. The van der Waals surface area contributed by atoms with Crippen LogP contribution in [0.5, 0.6) is 11.5 Å². The molecule has 1 aromatic carbocycles. The van der Waals surface area contributed by atoms with Crippen LogP contribution in [0.1, 0.15) is 38.8 Å². The van der Waals surface area contributed by atoms with Gasteiger partial charge in [-0.15, -0.1) is 0 Å². The lowest BCUT2D eigenvalue weighted by Gasteiger charge is -2.22. The number of ether oxygens (including phenoxy) is 3. The zero-order chi connectivity index (χ0) is 16.8. The van der Waals surface area contributed by atoms with Gasteiger partial charge in [0.25, 0.3) is 0 Å². The molecule has 0 aliphatic carbocycles. The van der Waals surface area contributed by atoms with Gasteiger partial charge in [-0.05, 0) is 30.5 Å². The van der Waals surface area contributed by atoms with Gasteiger partial charge in [0.15, 0.2) is 11.5 Å². The van der Waals surface area contributed by atoms with Crippen molar-refractivity contribution in [2.24, 2.45) is 5.92 Å². The maximum atomic E-state index is 12.0. The minimum absolute atomic E-state index is 0.0250. The second-order valence-electron chi connectivity index (χ2n) is 6.03. The molecule has 6 heteroatoms. The molecule has 23 heavy (non-hydrogen) atoms. The average molecular weight is 386 g/mol. The Kier molecular flexibility index (Phi) is 6.72. The maximum absolute atomic E-state index is 12.0. The SMILES string of the molecule is CC(C)COCCC(=O)NC(C)c1cc2c(cc1Br)OCCO2. The van der Waals surface area contributed by atoms with E-state index in [1.807, 2.05) is 19.1 Å². The fourth-order valence-electron chi connectivity index (χ4n) is 2.29. The number of carbonyl (C=O) groups is 1. The van der Waals surface area contributed by atoms with Crippen molar-refractivity contribution in [3.05, 3.63) is 22.2 Å². The summed E-state index contributed by atoms with van der Waals surface area (Å²) in [6.45, 7) is 8.34. The van der Waals surface area contributed by atoms with Gasteiger partial charge in [-0.1, -0.05) is 29.8 Å². The first-order chi connectivity index (χ1) is 11.0. The maximum Gasteiger partial charge on any atom is 0.222 e. The van der Waals surface area contributed by atoms with Crippen molar-refractivity contribution < 1.29 is 19.0 Å². The summed E-state index contributed by atoms with van der Waals surface area (Å²) in [5.41, 5.74) is 0.964. The molecular weight excluding hydrogens is 362 g/mol. The summed E-state index contributed by atoms with van der Waals surface area (Å²) in [5, 5.41) is 2.99. The third-order valence-electron chi connectivity index (χ3n) is 3.43. The quantitative estimate of drug-likeness (QED) is 0.730. The van der Waals surface area contributed by atoms with Crippen molar-refractivity contribution in [3.63, 3.8) is 0 Å². The predicted octanol–water partition coefficient (Wildman–Crippen LogP) is 3.46. The van der Waals surface area contributed by atoms with Crippen molar-refractivity contribution in [1.29, 1.82) is 0 Å². The fourth-order valence-corrected chi connectivity index (χ4v) is 2.95. The molecule has 1 aromatic rings. The van der Waals surface area contributed by atoms with E-state index in [1.165, 1.54) is 0 Å². The number of hydrogen-bond acceptors (Lipinski definition) is 4. The van der Waals surface area contributed by atoms with Crippen molar-refractivity contribution >= 4 is 21.8 Å². The van der Waals surface area contributed by atoms with Crippen LogP contribution in [0.15, 0.2) is 16.6 Å². The van der Waals surface area contributed by atoms with Gasteiger partial charge in [-0.2, -0.15) is 0 Å². The highest BCUT2D eigenvalue weighted by molar-refractivity contribution is 9.10. The zero-order valence-corrected chi connectivity index (χ0v) is 15.4. The highest BCUT2D eigenvalue weighted by Crippen LogP contribution is 2.37. The molecule has 0 fully saturated rings. The Morgan fingerprint density at radius 2 is 1.91 bits per heavy atom. The van der Waals surface area contributed by atoms with Crippen LogP contribution < -0.4 is 14.8 Å².